The minimum Gasteiger partial charge on any atom is -0.458 e. The van der Waals surface area contributed by atoms with Gasteiger partial charge in [-0.2, -0.15) is 0 Å². The fourth-order valence-corrected chi connectivity index (χ4v) is 9.93. The lowest BCUT2D eigenvalue weighted by Gasteiger charge is -2.65. The van der Waals surface area contributed by atoms with Crippen molar-refractivity contribution in [3.05, 3.63) is 11.6 Å². The van der Waals surface area contributed by atoms with Gasteiger partial charge in [0.2, 0.25) is 0 Å². The molecule has 6 nitrogen and oxygen atoms in total. The lowest BCUT2D eigenvalue weighted by atomic mass is 9.41. The molecule has 0 saturated heterocycles. The average molecular weight is 544 g/mol. The first-order chi connectivity index (χ1) is 18.7. The van der Waals surface area contributed by atoms with Gasteiger partial charge in [0, 0.05) is 36.1 Å². The summed E-state index contributed by atoms with van der Waals surface area (Å²) in [5.41, 5.74) is -1.54. The second kappa shape index (κ2) is 11.6. The van der Waals surface area contributed by atoms with Crippen LogP contribution in [0.15, 0.2) is 16.6 Å². The molecule has 0 bridgehead atoms. The lowest BCUT2D eigenvalue weighted by Crippen LogP contribution is -2.68. The molecule has 0 unspecified atom stereocenters. The normalized spacial score (nSPS) is 43.6. The van der Waals surface area contributed by atoms with Crippen molar-refractivity contribution in [1.29, 1.82) is 0 Å². The number of carbonyl (C=O) groups excluding carboxylic acids is 1. The molecule has 4 saturated carbocycles. The summed E-state index contributed by atoms with van der Waals surface area (Å²) in [6.45, 7) is 5.64. The first-order valence-electron chi connectivity index (χ1n) is 16.2. The Morgan fingerprint density at radius 3 is 2.38 bits per heavy atom. The number of esters is 1. The molecule has 0 spiro atoms. The van der Waals surface area contributed by atoms with Gasteiger partial charge >= 0.3 is 5.97 Å². The number of aliphatic hydroxyl groups is 3. The standard InChI is InChI=1S/C33H53NO5/c1-3-4-5-6-7-8-9-10-19-34-23-31-16-11-25(35)21-32(31,37)17-13-28-27(31)12-15-30(2)26(14-18-33(28,30)38)24-20-29(36)39-22-24/h20,23,25-28,35,37-38H,3-19,21-22H2,1-2H3/t25-,26-,27-,28+,30-,31-,32+,33-/m0/s1. The summed E-state index contributed by atoms with van der Waals surface area (Å²) in [5, 5.41) is 35.3. The van der Waals surface area contributed by atoms with E-state index < -0.39 is 22.7 Å². The third-order valence-electron chi connectivity index (χ3n) is 12.1. The molecule has 5 aliphatic rings. The van der Waals surface area contributed by atoms with Crippen LogP contribution in [0.25, 0.3) is 0 Å². The summed E-state index contributed by atoms with van der Waals surface area (Å²) in [5.74, 6) is 0.145. The highest BCUT2D eigenvalue weighted by Crippen LogP contribution is 2.70. The third-order valence-corrected chi connectivity index (χ3v) is 12.1. The molecule has 0 radical (unpaired) electrons. The van der Waals surface area contributed by atoms with E-state index in [9.17, 15) is 20.1 Å². The van der Waals surface area contributed by atoms with Crippen LogP contribution >= 0.6 is 0 Å². The SMILES string of the molecule is CCCCCCCCCCN=C[C@]12CC[C@H](O)C[C@]1(O)CC[C@@H]1[C@@H]2CC[C@@]2(C)[C@H](C3=CC(=O)OC3)CC[C@]12O. The highest BCUT2D eigenvalue weighted by Gasteiger charge is 2.71. The topological polar surface area (TPSA) is 99.4 Å². The van der Waals surface area contributed by atoms with Gasteiger partial charge in [0.05, 0.1) is 17.3 Å². The number of hydrogen-bond acceptors (Lipinski definition) is 6. The lowest BCUT2D eigenvalue weighted by molar-refractivity contribution is -0.237. The Labute approximate surface area is 235 Å². The largest absolute Gasteiger partial charge is 0.458 e. The van der Waals surface area contributed by atoms with E-state index in [0.29, 0.717) is 25.9 Å². The molecule has 0 aromatic carbocycles. The number of aliphatic hydroxyl groups excluding tert-OH is 1. The molecule has 4 aliphatic carbocycles. The highest BCUT2D eigenvalue weighted by atomic mass is 16.5. The highest BCUT2D eigenvalue weighted by molar-refractivity contribution is 5.85. The Morgan fingerprint density at radius 1 is 0.949 bits per heavy atom. The fourth-order valence-electron chi connectivity index (χ4n) is 9.93. The first-order valence-corrected chi connectivity index (χ1v) is 16.2. The van der Waals surface area contributed by atoms with Gasteiger partial charge in [0.1, 0.15) is 6.61 Å². The monoisotopic (exact) mass is 543 g/mol. The summed E-state index contributed by atoms with van der Waals surface area (Å²) >= 11 is 0. The number of ether oxygens (including phenoxy) is 1. The smallest absolute Gasteiger partial charge is 0.331 e. The summed E-state index contributed by atoms with van der Waals surface area (Å²) in [7, 11) is 0. The second-order valence-corrected chi connectivity index (χ2v) is 14.0. The van der Waals surface area contributed by atoms with Crippen LogP contribution in [0.1, 0.15) is 123 Å². The van der Waals surface area contributed by atoms with Crippen molar-refractivity contribution in [2.45, 2.75) is 140 Å². The Hall–Kier alpha value is -1.24. The predicted molar refractivity (Wildman–Crippen MR) is 153 cm³/mol. The molecular weight excluding hydrogens is 490 g/mol. The number of carbonyl (C=O) groups is 1. The van der Waals surface area contributed by atoms with Gasteiger partial charge in [-0.15, -0.1) is 0 Å². The maximum absolute atomic E-state index is 12.5. The third kappa shape index (κ3) is 5.05. The predicted octanol–water partition coefficient (Wildman–Crippen LogP) is 5.91. The molecule has 0 aromatic rings. The van der Waals surface area contributed by atoms with Crippen LogP contribution in [0, 0.1) is 28.6 Å². The zero-order valence-electron chi connectivity index (χ0n) is 24.5. The van der Waals surface area contributed by atoms with Gasteiger partial charge in [-0.25, -0.2) is 4.79 Å². The van der Waals surface area contributed by atoms with E-state index in [2.05, 4.69) is 20.1 Å². The van der Waals surface area contributed by atoms with Gasteiger partial charge in [0.25, 0.3) is 0 Å². The van der Waals surface area contributed by atoms with Crippen LogP contribution in [0.5, 0.6) is 0 Å². The summed E-state index contributed by atoms with van der Waals surface area (Å²) < 4.78 is 5.27. The van der Waals surface area contributed by atoms with Crippen molar-refractivity contribution >= 4 is 12.2 Å². The van der Waals surface area contributed by atoms with E-state index in [1.165, 1.54) is 44.9 Å². The number of aliphatic imine (C=N–C) groups is 1. The molecule has 220 valence electrons. The van der Waals surface area contributed by atoms with Crippen molar-refractivity contribution in [2.24, 2.45) is 33.6 Å². The summed E-state index contributed by atoms with van der Waals surface area (Å²) in [6.07, 6.45) is 20.1. The summed E-state index contributed by atoms with van der Waals surface area (Å²) in [6, 6.07) is 0. The maximum atomic E-state index is 12.5. The molecule has 0 amide bonds. The van der Waals surface area contributed by atoms with Crippen LogP contribution in [0.2, 0.25) is 0 Å². The van der Waals surface area contributed by atoms with Gasteiger partial charge in [-0.05, 0) is 81.1 Å². The molecule has 1 aliphatic heterocycles. The molecule has 3 N–H and O–H groups in total. The first kappa shape index (κ1) is 29.3. The Morgan fingerprint density at radius 2 is 1.67 bits per heavy atom. The molecule has 39 heavy (non-hydrogen) atoms. The number of nitrogens with zero attached hydrogens (tertiary/aromatic N) is 1. The number of unbranched alkanes of at least 4 members (excludes halogenated alkanes) is 7. The number of rotatable bonds is 11. The fraction of sp³-hybridized carbons (Fsp3) is 0.879. The number of cyclic esters (lactones) is 1. The van der Waals surface area contributed by atoms with Crippen molar-refractivity contribution in [3.8, 4) is 0 Å². The summed E-state index contributed by atoms with van der Waals surface area (Å²) in [4.78, 5) is 16.8. The van der Waals surface area contributed by atoms with Gasteiger partial charge in [0.15, 0.2) is 0 Å². The molecule has 5 rings (SSSR count). The second-order valence-electron chi connectivity index (χ2n) is 14.0. The van der Waals surface area contributed by atoms with Gasteiger partial charge in [-0.1, -0.05) is 58.8 Å². The van der Waals surface area contributed by atoms with Gasteiger partial charge < -0.3 is 20.1 Å². The molecule has 1 heterocycles. The van der Waals surface area contributed by atoms with Crippen molar-refractivity contribution < 1.29 is 24.9 Å². The van der Waals surface area contributed by atoms with E-state index >= 15 is 0 Å². The van der Waals surface area contributed by atoms with Crippen molar-refractivity contribution in [2.75, 3.05) is 13.2 Å². The molecule has 0 aromatic heterocycles. The molecule has 6 heteroatoms. The Balaban J connectivity index is 1.31. The molecular formula is C33H53NO5. The van der Waals surface area contributed by atoms with Crippen LogP contribution in [0.3, 0.4) is 0 Å². The van der Waals surface area contributed by atoms with E-state index in [4.69, 9.17) is 9.73 Å². The van der Waals surface area contributed by atoms with Gasteiger partial charge in [-0.3, -0.25) is 4.99 Å². The van der Waals surface area contributed by atoms with Crippen LogP contribution in [-0.2, 0) is 9.53 Å². The average Bonchev–Trinajstić information content (AvgIpc) is 3.45. The van der Waals surface area contributed by atoms with Crippen LogP contribution < -0.4 is 0 Å². The Bertz CT molecular complexity index is 948. The zero-order valence-corrected chi connectivity index (χ0v) is 24.5. The van der Waals surface area contributed by atoms with E-state index in [0.717, 1.165) is 57.1 Å². The van der Waals surface area contributed by atoms with Crippen LogP contribution in [0.4, 0.5) is 0 Å². The number of fused-ring (bicyclic) bond motifs is 5. The quantitative estimate of drug-likeness (QED) is 0.171. The maximum Gasteiger partial charge on any atom is 0.331 e. The minimum atomic E-state index is -0.967. The van der Waals surface area contributed by atoms with Crippen molar-refractivity contribution in [1.82, 2.24) is 0 Å². The number of hydrogen-bond donors (Lipinski definition) is 3. The Kier molecular flexibility index (Phi) is 8.68. The molecule has 8 atom stereocenters. The molecule has 4 fully saturated rings. The zero-order chi connectivity index (χ0) is 27.7. The van der Waals surface area contributed by atoms with Crippen LogP contribution in [-0.4, -0.2) is 58.0 Å². The van der Waals surface area contributed by atoms with E-state index in [1.807, 2.05) is 0 Å². The minimum absolute atomic E-state index is 0.0879. The van der Waals surface area contributed by atoms with E-state index in [-0.39, 0.29) is 29.1 Å². The van der Waals surface area contributed by atoms with E-state index in [1.54, 1.807) is 6.08 Å². The van der Waals surface area contributed by atoms with Crippen molar-refractivity contribution in [3.63, 3.8) is 0 Å².